The number of halogens is 2. The van der Waals surface area contributed by atoms with Crippen molar-refractivity contribution in [2.45, 2.75) is 17.6 Å². The molecule has 5 nitrogen and oxygen atoms in total. The topological polar surface area (TPSA) is 51.0 Å². The normalized spacial score (nSPS) is 10.7. The van der Waals surface area contributed by atoms with Gasteiger partial charge in [-0.15, -0.1) is 0 Å². The van der Waals surface area contributed by atoms with Crippen LogP contribution in [0.15, 0.2) is 59.6 Å². The lowest BCUT2D eigenvalue weighted by Crippen LogP contribution is -3.00. The van der Waals surface area contributed by atoms with Gasteiger partial charge in [-0.25, -0.2) is 9.55 Å². The highest BCUT2D eigenvalue weighted by Crippen LogP contribution is 2.38. The van der Waals surface area contributed by atoms with Gasteiger partial charge >= 0.3 is 5.95 Å². The van der Waals surface area contributed by atoms with Crippen LogP contribution in [0, 0.1) is 6.92 Å². The smallest absolute Gasteiger partial charge is 0.402 e. The third-order valence-electron chi connectivity index (χ3n) is 4.78. The van der Waals surface area contributed by atoms with Crippen LogP contribution in [0.2, 0.25) is 5.02 Å². The molecule has 0 saturated heterocycles. The number of ether oxygens (including phenoxy) is 2. The van der Waals surface area contributed by atoms with Gasteiger partial charge in [-0.2, -0.15) is 0 Å². The van der Waals surface area contributed by atoms with E-state index < -0.39 is 0 Å². The lowest BCUT2D eigenvalue weighted by Gasteiger charge is -2.12. The standard InChI is InChI=1S/C22H21ClN3O2S2.ClH/c1-14-19(13-29-30-21-7-5-4-6-16(21)23)26(11-10-20(14)28-3)22-24-17-9-8-15(27-2)12-18(17)25-22;/h4-12H,13H2,1-3H3,(H,24,25);1H/q+1;/p-1. The van der Waals surface area contributed by atoms with Gasteiger partial charge in [0.25, 0.3) is 0 Å². The molecule has 0 bridgehead atoms. The van der Waals surface area contributed by atoms with Crippen molar-refractivity contribution in [3.8, 4) is 17.4 Å². The van der Waals surface area contributed by atoms with Crippen molar-refractivity contribution in [3.63, 3.8) is 0 Å². The first-order valence-electron chi connectivity index (χ1n) is 9.27. The van der Waals surface area contributed by atoms with Crippen LogP contribution in [0.4, 0.5) is 0 Å². The minimum Gasteiger partial charge on any atom is -1.00 e. The Morgan fingerprint density at radius 1 is 1.10 bits per heavy atom. The molecule has 1 N–H and O–H groups in total. The summed E-state index contributed by atoms with van der Waals surface area (Å²) in [6.07, 6.45) is 1.98. The third-order valence-corrected chi connectivity index (χ3v) is 7.51. The largest absolute Gasteiger partial charge is 1.00 e. The first-order chi connectivity index (χ1) is 14.6. The molecule has 31 heavy (non-hydrogen) atoms. The zero-order valence-electron chi connectivity index (χ0n) is 17.2. The Bertz CT molecular complexity index is 1200. The van der Waals surface area contributed by atoms with Crippen molar-refractivity contribution in [2.24, 2.45) is 0 Å². The van der Waals surface area contributed by atoms with E-state index >= 15 is 0 Å². The Kier molecular flexibility index (Phi) is 8.00. The fourth-order valence-corrected chi connectivity index (χ4v) is 5.80. The van der Waals surface area contributed by atoms with E-state index in [0.717, 1.165) is 55.4 Å². The van der Waals surface area contributed by atoms with Crippen LogP contribution in [0.3, 0.4) is 0 Å². The van der Waals surface area contributed by atoms with E-state index in [4.69, 9.17) is 26.1 Å². The summed E-state index contributed by atoms with van der Waals surface area (Å²) in [4.78, 5) is 9.23. The van der Waals surface area contributed by atoms with Gasteiger partial charge in [0, 0.05) is 22.6 Å². The molecule has 9 heteroatoms. The molecule has 0 unspecified atom stereocenters. The summed E-state index contributed by atoms with van der Waals surface area (Å²) in [7, 11) is 6.73. The van der Waals surface area contributed by atoms with Crippen LogP contribution in [0.1, 0.15) is 11.3 Å². The van der Waals surface area contributed by atoms with E-state index in [-0.39, 0.29) is 12.4 Å². The summed E-state index contributed by atoms with van der Waals surface area (Å²) in [6.45, 7) is 2.07. The van der Waals surface area contributed by atoms with E-state index in [2.05, 4.69) is 16.5 Å². The van der Waals surface area contributed by atoms with Crippen molar-refractivity contribution in [3.05, 3.63) is 71.0 Å². The van der Waals surface area contributed by atoms with Crippen molar-refractivity contribution < 1.29 is 26.4 Å². The first-order valence-corrected chi connectivity index (χ1v) is 12.0. The van der Waals surface area contributed by atoms with Gasteiger partial charge in [0.2, 0.25) is 0 Å². The Hall–Kier alpha value is -2.06. The summed E-state index contributed by atoms with van der Waals surface area (Å²) in [5.74, 6) is 3.13. The van der Waals surface area contributed by atoms with E-state index in [1.165, 1.54) is 0 Å². The van der Waals surface area contributed by atoms with Gasteiger partial charge in [-0.05, 0) is 31.2 Å². The van der Waals surface area contributed by atoms with Crippen LogP contribution in [0.5, 0.6) is 11.5 Å². The molecule has 0 aliphatic carbocycles. The first kappa shape index (κ1) is 23.6. The fourth-order valence-electron chi connectivity index (χ4n) is 3.15. The lowest BCUT2D eigenvalue weighted by atomic mass is 10.2. The second-order valence-electron chi connectivity index (χ2n) is 6.55. The molecule has 0 aliphatic heterocycles. The highest BCUT2D eigenvalue weighted by Gasteiger charge is 2.21. The van der Waals surface area contributed by atoms with Crippen LogP contribution in [-0.2, 0) is 5.75 Å². The van der Waals surface area contributed by atoms with Crippen molar-refractivity contribution in [1.82, 2.24) is 9.97 Å². The molecule has 0 spiro atoms. The molecule has 4 rings (SSSR count). The van der Waals surface area contributed by atoms with Gasteiger partial charge < -0.3 is 21.9 Å². The molecule has 0 aliphatic rings. The number of rotatable bonds is 7. The van der Waals surface area contributed by atoms with Gasteiger partial charge in [0.1, 0.15) is 22.7 Å². The number of hydrogen-bond donors (Lipinski definition) is 1. The summed E-state index contributed by atoms with van der Waals surface area (Å²) in [6, 6.07) is 15.6. The van der Waals surface area contributed by atoms with Gasteiger partial charge in [-0.1, -0.05) is 50.3 Å². The molecule has 2 aromatic heterocycles. The number of aromatic amines is 1. The molecule has 2 aromatic carbocycles. The number of aromatic nitrogens is 3. The quantitative estimate of drug-likeness (QED) is 0.317. The van der Waals surface area contributed by atoms with Crippen LogP contribution >= 0.6 is 33.2 Å². The Labute approximate surface area is 200 Å². The van der Waals surface area contributed by atoms with E-state index in [1.54, 1.807) is 35.8 Å². The third kappa shape index (κ3) is 5.06. The van der Waals surface area contributed by atoms with Crippen LogP contribution in [-0.4, -0.2) is 24.2 Å². The molecular weight excluding hydrogens is 473 g/mol. The number of fused-ring (bicyclic) bond motifs is 1. The number of hydrogen-bond acceptors (Lipinski definition) is 5. The maximum absolute atomic E-state index is 6.30. The highest BCUT2D eigenvalue weighted by molar-refractivity contribution is 8.76. The maximum Gasteiger partial charge on any atom is 0.402 e. The Morgan fingerprint density at radius 3 is 2.65 bits per heavy atom. The predicted molar refractivity (Wildman–Crippen MR) is 124 cm³/mol. The molecule has 0 amide bonds. The monoisotopic (exact) mass is 493 g/mol. The maximum atomic E-state index is 6.30. The second-order valence-corrected chi connectivity index (χ2v) is 9.29. The van der Waals surface area contributed by atoms with Crippen molar-refractivity contribution in [2.75, 3.05) is 14.2 Å². The Morgan fingerprint density at radius 2 is 1.90 bits per heavy atom. The van der Waals surface area contributed by atoms with Crippen molar-refractivity contribution >= 4 is 44.2 Å². The minimum absolute atomic E-state index is 0. The average molecular weight is 494 g/mol. The Balaban J connectivity index is 0.00000272. The van der Waals surface area contributed by atoms with Gasteiger partial charge in [0.15, 0.2) is 5.52 Å². The number of nitrogens with zero attached hydrogens (tertiary/aromatic N) is 2. The fraction of sp³-hybridized carbons (Fsp3) is 0.182. The zero-order chi connectivity index (χ0) is 21.1. The molecular formula is C22H21Cl2N3O2S2. The minimum atomic E-state index is 0. The summed E-state index contributed by atoms with van der Waals surface area (Å²) in [5.41, 5.74) is 3.99. The van der Waals surface area contributed by atoms with Gasteiger partial charge in [-0.3, -0.25) is 0 Å². The summed E-state index contributed by atoms with van der Waals surface area (Å²) < 4.78 is 12.9. The lowest BCUT2D eigenvalue weighted by molar-refractivity contribution is -0.610. The molecule has 162 valence electrons. The van der Waals surface area contributed by atoms with Crippen molar-refractivity contribution in [1.29, 1.82) is 0 Å². The number of nitrogens with one attached hydrogen (secondary N) is 1. The molecule has 0 atom stereocenters. The molecule has 4 aromatic rings. The summed E-state index contributed by atoms with van der Waals surface area (Å²) in [5, 5.41) is 0.761. The number of H-pyrrole nitrogens is 1. The van der Waals surface area contributed by atoms with Crippen LogP contribution in [0.25, 0.3) is 17.0 Å². The molecule has 0 saturated carbocycles. The molecule has 0 radical (unpaired) electrons. The van der Waals surface area contributed by atoms with Gasteiger partial charge in [0.05, 0.1) is 31.2 Å². The van der Waals surface area contributed by atoms with E-state index in [0.29, 0.717) is 0 Å². The molecule has 0 fully saturated rings. The number of benzene rings is 2. The average Bonchev–Trinajstić information content (AvgIpc) is 3.19. The number of imidazole rings is 1. The summed E-state index contributed by atoms with van der Waals surface area (Å²) >= 11 is 6.30. The van der Waals surface area contributed by atoms with E-state index in [9.17, 15) is 0 Å². The predicted octanol–water partition coefficient (Wildman–Crippen LogP) is 2.76. The number of pyridine rings is 1. The van der Waals surface area contributed by atoms with E-state index in [1.807, 2.05) is 54.7 Å². The zero-order valence-corrected chi connectivity index (χ0v) is 20.3. The second kappa shape index (κ2) is 10.5. The number of methoxy groups -OCH3 is 2. The van der Waals surface area contributed by atoms with Crippen LogP contribution < -0.4 is 26.4 Å². The SMILES string of the molecule is COc1ccc2[nH]c(-[n+]3ccc(OC)c(C)c3CSSc3ccccc3Cl)nc2c1.[Cl-]. The molecule has 2 heterocycles. The highest BCUT2D eigenvalue weighted by atomic mass is 35.5.